The highest BCUT2D eigenvalue weighted by Crippen LogP contribution is 2.40. The van der Waals surface area contributed by atoms with Gasteiger partial charge < -0.3 is 14.8 Å². The Kier molecular flexibility index (Phi) is 5.88. The Morgan fingerprint density at radius 1 is 1.30 bits per heavy atom. The van der Waals surface area contributed by atoms with Crippen molar-refractivity contribution < 1.29 is 14.6 Å². The molecule has 140 valence electrons. The van der Waals surface area contributed by atoms with Crippen LogP contribution in [0.15, 0.2) is 49.5 Å². The fourth-order valence-corrected chi connectivity index (χ4v) is 4.01. The summed E-state index contributed by atoms with van der Waals surface area (Å²) in [6.45, 7) is 3.41. The van der Waals surface area contributed by atoms with Crippen molar-refractivity contribution in [2.24, 2.45) is 10.2 Å². The molecule has 0 aliphatic rings. The second-order valence-corrected chi connectivity index (χ2v) is 8.05. The molecule has 27 heavy (non-hydrogen) atoms. The zero-order chi connectivity index (χ0) is 19.7. The number of carbonyl (C=O) groups excluding carboxylic acids is 1. The molecule has 3 aromatic rings. The second kappa shape index (κ2) is 8.00. The first-order valence-electron chi connectivity index (χ1n) is 7.84. The maximum atomic E-state index is 12.3. The third kappa shape index (κ3) is 4.34. The summed E-state index contributed by atoms with van der Waals surface area (Å²) in [6.07, 6.45) is -0.848. The highest BCUT2D eigenvalue weighted by atomic mass is 79.9. The molecule has 1 unspecified atom stereocenters. The number of ether oxygens (including phenoxy) is 1. The van der Waals surface area contributed by atoms with Gasteiger partial charge in [0.1, 0.15) is 5.75 Å². The van der Waals surface area contributed by atoms with Crippen molar-refractivity contribution >= 4 is 66.0 Å². The largest absolute Gasteiger partial charge is 0.493 e. The topological polar surface area (TPSA) is 87.0 Å². The number of nitrogens with one attached hydrogen (secondary N) is 1. The van der Waals surface area contributed by atoms with Gasteiger partial charge in [-0.15, -0.1) is 10.2 Å². The molecule has 0 saturated heterocycles. The molecular formula is C18H14Br2ClN3O3. The molecule has 0 saturated carbocycles. The van der Waals surface area contributed by atoms with Crippen molar-refractivity contribution in [3.8, 4) is 11.6 Å². The minimum absolute atomic E-state index is 0.176. The lowest BCUT2D eigenvalue weighted by molar-refractivity contribution is -0.124. The van der Waals surface area contributed by atoms with E-state index in [1.165, 1.54) is 0 Å². The maximum absolute atomic E-state index is 12.3. The quantitative estimate of drug-likeness (QED) is 0.392. The molecule has 0 fully saturated rings. The van der Waals surface area contributed by atoms with Gasteiger partial charge in [0, 0.05) is 19.4 Å². The number of azo groups is 1. The number of benzene rings is 2. The average molecular weight is 516 g/mol. The van der Waals surface area contributed by atoms with Gasteiger partial charge in [0.25, 0.3) is 0 Å². The number of carbonyl (C=O) groups is 1. The number of aryl methyl sites for hydroxylation is 1. The third-order valence-corrected chi connectivity index (χ3v) is 5.13. The van der Waals surface area contributed by atoms with Crippen molar-refractivity contribution in [3.05, 3.63) is 49.9 Å². The lowest BCUT2D eigenvalue weighted by Gasteiger charge is -2.13. The summed E-state index contributed by atoms with van der Waals surface area (Å²) in [6, 6.07) is 8.72. The second-order valence-electron chi connectivity index (χ2n) is 5.84. The molecule has 9 heteroatoms. The highest BCUT2D eigenvalue weighted by Gasteiger charge is 2.18. The normalized spacial score (nSPS) is 12.6. The van der Waals surface area contributed by atoms with Crippen molar-refractivity contribution in [1.82, 2.24) is 4.98 Å². The predicted octanol–water partition coefficient (Wildman–Crippen LogP) is 6.44. The number of rotatable bonds is 4. The SMILES string of the molecule is Cc1cc(Cl)ccc1OC(C)C(=O)N=Nc1c(O)[nH]c2c(Br)cc(Br)cc12. The zero-order valence-electron chi connectivity index (χ0n) is 14.3. The Bertz CT molecular complexity index is 1070. The van der Waals surface area contributed by atoms with E-state index in [0.29, 0.717) is 21.7 Å². The summed E-state index contributed by atoms with van der Waals surface area (Å²) in [5.74, 6) is -0.215. The van der Waals surface area contributed by atoms with Crippen LogP contribution in [0.25, 0.3) is 10.9 Å². The van der Waals surface area contributed by atoms with Crippen LogP contribution in [0, 0.1) is 6.92 Å². The zero-order valence-corrected chi connectivity index (χ0v) is 18.2. The summed E-state index contributed by atoms with van der Waals surface area (Å²) < 4.78 is 7.17. The van der Waals surface area contributed by atoms with Gasteiger partial charge in [-0.1, -0.05) is 27.5 Å². The van der Waals surface area contributed by atoms with Crippen LogP contribution in [-0.2, 0) is 4.79 Å². The van der Waals surface area contributed by atoms with E-state index in [-0.39, 0.29) is 11.6 Å². The molecule has 1 heterocycles. The highest BCUT2D eigenvalue weighted by molar-refractivity contribution is 9.11. The van der Waals surface area contributed by atoms with Crippen LogP contribution in [0.1, 0.15) is 12.5 Å². The molecule has 2 aromatic carbocycles. The van der Waals surface area contributed by atoms with Gasteiger partial charge in [-0.3, -0.25) is 4.79 Å². The van der Waals surface area contributed by atoms with Crippen molar-refractivity contribution in [3.63, 3.8) is 0 Å². The summed E-state index contributed by atoms with van der Waals surface area (Å²) in [5.41, 5.74) is 1.64. The molecule has 1 aromatic heterocycles. The number of hydrogen-bond donors (Lipinski definition) is 2. The molecule has 0 bridgehead atoms. The van der Waals surface area contributed by atoms with E-state index >= 15 is 0 Å². The smallest absolute Gasteiger partial charge is 0.304 e. The average Bonchev–Trinajstić information content (AvgIpc) is 2.91. The first-order chi connectivity index (χ1) is 12.8. The molecule has 0 aliphatic heterocycles. The van der Waals surface area contributed by atoms with Crippen molar-refractivity contribution in [2.75, 3.05) is 0 Å². The van der Waals surface area contributed by atoms with E-state index < -0.39 is 12.0 Å². The number of amides is 1. The van der Waals surface area contributed by atoms with E-state index in [2.05, 4.69) is 47.1 Å². The molecule has 0 radical (unpaired) electrons. The van der Waals surface area contributed by atoms with Gasteiger partial charge in [0.05, 0.1) is 5.52 Å². The lowest BCUT2D eigenvalue weighted by Crippen LogP contribution is -2.21. The first kappa shape index (κ1) is 19.9. The molecule has 0 aliphatic carbocycles. The number of hydrogen-bond acceptors (Lipinski definition) is 4. The molecular weight excluding hydrogens is 501 g/mol. The van der Waals surface area contributed by atoms with E-state index in [0.717, 1.165) is 14.5 Å². The van der Waals surface area contributed by atoms with Crippen LogP contribution in [-0.4, -0.2) is 22.1 Å². The van der Waals surface area contributed by atoms with E-state index in [9.17, 15) is 9.90 Å². The molecule has 0 spiro atoms. The van der Waals surface area contributed by atoms with Gasteiger partial charge in [0.15, 0.2) is 11.8 Å². The molecule has 3 rings (SSSR count). The van der Waals surface area contributed by atoms with Crippen LogP contribution in [0.5, 0.6) is 11.6 Å². The Labute approximate surface area is 176 Å². The third-order valence-electron chi connectivity index (χ3n) is 3.81. The number of halogens is 3. The van der Waals surface area contributed by atoms with Crippen LogP contribution in [0.3, 0.4) is 0 Å². The number of H-pyrrole nitrogens is 1. The van der Waals surface area contributed by atoms with Crippen LogP contribution in [0.4, 0.5) is 5.69 Å². The van der Waals surface area contributed by atoms with Gasteiger partial charge in [-0.05, 0) is 65.7 Å². The van der Waals surface area contributed by atoms with E-state index in [4.69, 9.17) is 16.3 Å². The van der Waals surface area contributed by atoms with Crippen LogP contribution < -0.4 is 4.74 Å². The summed E-state index contributed by atoms with van der Waals surface area (Å²) in [5, 5.41) is 18.9. The van der Waals surface area contributed by atoms with Gasteiger partial charge in [0.2, 0.25) is 5.88 Å². The van der Waals surface area contributed by atoms with E-state index in [1.807, 2.05) is 13.0 Å². The number of aromatic hydroxyl groups is 1. The fourth-order valence-electron chi connectivity index (χ4n) is 2.46. The number of nitrogens with zero attached hydrogens (tertiary/aromatic N) is 2. The van der Waals surface area contributed by atoms with Crippen LogP contribution in [0.2, 0.25) is 5.02 Å². The Morgan fingerprint density at radius 2 is 2.04 bits per heavy atom. The van der Waals surface area contributed by atoms with Gasteiger partial charge >= 0.3 is 5.91 Å². The Balaban J connectivity index is 1.82. The Morgan fingerprint density at radius 3 is 2.74 bits per heavy atom. The summed E-state index contributed by atoms with van der Waals surface area (Å²) in [4.78, 5) is 15.1. The van der Waals surface area contributed by atoms with E-state index in [1.54, 1.807) is 31.2 Å². The van der Waals surface area contributed by atoms with Crippen molar-refractivity contribution in [1.29, 1.82) is 0 Å². The van der Waals surface area contributed by atoms with Gasteiger partial charge in [-0.2, -0.15) is 0 Å². The summed E-state index contributed by atoms with van der Waals surface area (Å²) in [7, 11) is 0. The minimum atomic E-state index is -0.848. The number of fused-ring (bicyclic) bond motifs is 1. The molecule has 1 atom stereocenters. The standard InChI is InChI=1S/C18H14Br2ClN3O3/c1-8-5-11(21)3-4-14(8)27-9(2)17(25)24-23-16-12-6-10(19)7-13(20)15(12)22-18(16)26/h3-7,9,22,26H,1-2H3. The molecule has 2 N–H and O–H groups in total. The minimum Gasteiger partial charge on any atom is -0.493 e. The number of aromatic amines is 1. The van der Waals surface area contributed by atoms with Crippen LogP contribution >= 0.6 is 43.5 Å². The lowest BCUT2D eigenvalue weighted by atomic mass is 10.2. The molecule has 6 nitrogen and oxygen atoms in total. The maximum Gasteiger partial charge on any atom is 0.304 e. The summed E-state index contributed by atoms with van der Waals surface area (Å²) >= 11 is 12.7. The van der Waals surface area contributed by atoms with Gasteiger partial charge in [-0.25, -0.2) is 0 Å². The fraction of sp³-hybridized carbons (Fsp3) is 0.167. The predicted molar refractivity (Wildman–Crippen MR) is 111 cm³/mol. The molecule has 1 amide bonds. The Hall–Kier alpha value is -1.90. The number of aromatic nitrogens is 1. The first-order valence-corrected chi connectivity index (χ1v) is 9.80. The van der Waals surface area contributed by atoms with Crippen molar-refractivity contribution in [2.45, 2.75) is 20.0 Å². The monoisotopic (exact) mass is 513 g/mol.